The molecule has 2 aliphatic heterocycles. The standard InChI is InChI=1S/C36H51BrN9O4PS/c1-7-25-22-30(32(49-2)23-31(25)46-14-10-26(11-15-46)45-18-16-44(17-19-45)20-21-52(6,47)48)42-36-40-24-27(37)35(43-36)41-29-9-8-28-33(39-13-12-38-28)34(29)51(4,5)50-3/h8-9,12-13,22-24,26,51H,7,10-11,14-21H2,1-6H3,(H2,40,41,42,43). The van der Waals surface area contributed by atoms with E-state index in [1.807, 2.05) is 12.1 Å². The van der Waals surface area contributed by atoms with Crippen LogP contribution in [-0.2, 0) is 20.8 Å². The number of ether oxygens (including phenoxy) is 1. The molecule has 282 valence electrons. The summed E-state index contributed by atoms with van der Waals surface area (Å²) in [5.74, 6) is 1.99. The van der Waals surface area contributed by atoms with Crippen LogP contribution in [0.3, 0.4) is 0 Å². The van der Waals surface area contributed by atoms with Crippen LogP contribution >= 0.6 is 23.4 Å². The van der Waals surface area contributed by atoms with E-state index in [-0.39, 0.29) is 5.75 Å². The third-order valence-electron chi connectivity index (χ3n) is 10.3. The van der Waals surface area contributed by atoms with Crippen LogP contribution in [0, 0.1) is 0 Å². The Morgan fingerprint density at radius 2 is 1.69 bits per heavy atom. The average molecular weight is 817 g/mol. The molecule has 52 heavy (non-hydrogen) atoms. The number of hydrogen-bond acceptors (Lipinski definition) is 13. The van der Waals surface area contributed by atoms with Gasteiger partial charge >= 0.3 is 213 Å². The maximum absolute atomic E-state index is 11.6. The van der Waals surface area contributed by atoms with Gasteiger partial charge in [-0.1, -0.05) is 0 Å². The summed E-state index contributed by atoms with van der Waals surface area (Å²) in [4.78, 5) is 26.0. The Labute approximate surface area is 316 Å². The van der Waals surface area contributed by atoms with Gasteiger partial charge in [0.05, 0.1) is 5.75 Å². The SMILES string of the molecule is CCc1cc(Nc2ncc(Br)c(Nc3ccc4nccnc4c3[PH](C)(C)OC)n2)c(OC)cc1N1CCC(N2CCN(CCS(C)(=O)=O)CC2)CC1. The van der Waals surface area contributed by atoms with Crippen molar-refractivity contribution >= 4 is 78.4 Å². The molecule has 2 aromatic carbocycles. The number of halogens is 1. The summed E-state index contributed by atoms with van der Waals surface area (Å²) in [6.45, 7) is 12.9. The molecule has 2 fully saturated rings. The van der Waals surface area contributed by atoms with E-state index in [1.54, 1.807) is 32.8 Å². The predicted molar refractivity (Wildman–Crippen MR) is 218 cm³/mol. The Bertz CT molecular complexity index is 1990. The number of piperidine rings is 1. The Morgan fingerprint density at radius 3 is 2.37 bits per heavy atom. The van der Waals surface area contributed by atoms with Gasteiger partial charge in [0.2, 0.25) is 0 Å². The number of hydrogen-bond donors (Lipinski definition) is 2. The minimum absolute atomic E-state index is 0.232. The van der Waals surface area contributed by atoms with E-state index in [2.05, 4.69) is 88.6 Å². The second-order valence-electron chi connectivity index (χ2n) is 14.0. The molecule has 0 saturated carbocycles. The minimum Gasteiger partial charge on any atom is -0.300 e. The summed E-state index contributed by atoms with van der Waals surface area (Å²) in [6, 6.07) is 8.79. The van der Waals surface area contributed by atoms with E-state index in [9.17, 15) is 8.42 Å². The summed E-state index contributed by atoms with van der Waals surface area (Å²) in [5, 5.41) is 7.97. The fraction of sp³-hybridized carbons (Fsp3) is 0.500. The first kappa shape index (κ1) is 38.5. The van der Waals surface area contributed by atoms with Crippen LogP contribution in [0.15, 0.2) is 47.3 Å². The summed E-state index contributed by atoms with van der Waals surface area (Å²) in [7, 11) is -1.85. The summed E-state index contributed by atoms with van der Waals surface area (Å²) in [6.07, 6.45) is 9.50. The molecule has 2 saturated heterocycles. The summed E-state index contributed by atoms with van der Waals surface area (Å²) in [5.41, 5.74) is 5.72. The van der Waals surface area contributed by atoms with Gasteiger partial charge in [-0.3, -0.25) is 9.80 Å². The Kier molecular flexibility index (Phi) is 12.2. The van der Waals surface area contributed by atoms with Gasteiger partial charge in [-0.2, -0.15) is 0 Å². The van der Waals surface area contributed by atoms with Crippen LogP contribution in [-0.4, -0.2) is 130 Å². The van der Waals surface area contributed by atoms with Crippen molar-refractivity contribution in [3.63, 3.8) is 0 Å². The van der Waals surface area contributed by atoms with E-state index < -0.39 is 17.3 Å². The molecule has 4 heterocycles. The van der Waals surface area contributed by atoms with Crippen molar-refractivity contribution in [1.29, 1.82) is 0 Å². The molecule has 2 aromatic heterocycles. The van der Waals surface area contributed by atoms with Crippen LogP contribution in [0.5, 0.6) is 5.75 Å². The number of benzene rings is 2. The molecule has 4 aromatic rings. The maximum atomic E-state index is 11.6. The second-order valence-corrected chi connectivity index (χ2v) is 21.1. The van der Waals surface area contributed by atoms with Crippen molar-refractivity contribution in [2.45, 2.75) is 32.2 Å². The molecule has 2 N–H and O–H groups in total. The molecular formula is C36H51BrN9O4PS. The van der Waals surface area contributed by atoms with Crippen LogP contribution < -0.4 is 25.6 Å². The average Bonchev–Trinajstić information content (AvgIpc) is 3.15. The molecule has 0 amide bonds. The number of anilines is 5. The van der Waals surface area contributed by atoms with E-state index in [4.69, 9.17) is 14.2 Å². The number of nitrogens with one attached hydrogen (secondary N) is 2. The molecule has 0 bridgehead atoms. The Morgan fingerprint density at radius 1 is 0.962 bits per heavy atom. The number of sulfone groups is 1. The van der Waals surface area contributed by atoms with Crippen molar-refractivity contribution < 1.29 is 17.7 Å². The van der Waals surface area contributed by atoms with Gasteiger partial charge in [0.1, 0.15) is 9.84 Å². The van der Waals surface area contributed by atoms with Crippen molar-refractivity contribution in [1.82, 2.24) is 29.7 Å². The topological polar surface area (TPSA) is 138 Å². The van der Waals surface area contributed by atoms with Crippen LogP contribution in [0.2, 0.25) is 0 Å². The molecule has 2 aliphatic rings. The van der Waals surface area contributed by atoms with Crippen LogP contribution in [0.4, 0.5) is 28.8 Å². The molecule has 0 aliphatic carbocycles. The molecule has 0 spiro atoms. The van der Waals surface area contributed by atoms with Crippen LogP contribution in [0.25, 0.3) is 11.0 Å². The van der Waals surface area contributed by atoms with Gasteiger partial charge in [-0.25, -0.2) is 8.42 Å². The van der Waals surface area contributed by atoms with Gasteiger partial charge in [-0.15, -0.1) is 0 Å². The number of aryl methyl sites for hydroxylation is 1. The molecule has 6 rings (SSSR count). The van der Waals surface area contributed by atoms with Crippen molar-refractivity contribution in [3.8, 4) is 5.75 Å². The zero-order valence-electron chi connectivity index (χ0n) is 30.9. The van der Waals surface area contributed by atoms with E-state index in [1.165, 1.54) is 17.5 Å². The zero-order valence-corrected chi connectivity index (χ0v) is 34.3. The van der Waals surface area contributed by atoms with Gasteiger partial charge in [0.25, 0.3) is 0 Å². The third-order valence-corrected chi connectivity index (χ3v) is 14.5. The first-order valence-electron chi connectivity index (χ1n) is 17.8. The fourth-order valence-electron chi connectivity index (χ4n) is 7.19. The van der Waals surface area contributed by atoms with E-state index >= 15 is 0 Å². The quantitative estimate of drug-likeness (QED) is 0.174. The number of piperazine rings is 1. The predicted octanol–water partition coefficient (Wildman–Crippen LogP) is 5.07. The Balaban J connectivity index is 1.16. The number of fused-ring (bicyclic) bond motifs is 1. The second kappa shape index (κ2) is 16.4. The molecular weight excluding hydrogens is 765 g/mol. The van der Waals surface area contributed by atoms with E-state index in [0.717, 1.165) is 92.0 Å². The zero-order chi connectivity index (χ0) is 37.0. The van der Waals surface area contributed by atoms with E-state index in [0.29, 0.717) is 28.8 Å². The normalized spacial score (nSPS) is 17.0. The van der Waals surface area contributed by atoms with Crippen LogP contribution in [0.1, 0.15) is 25.3 Å². The van der Waals surface area contributed by atoms with Crippen molar-refractivity contribution in [2.75, 3.05) is 101 Å². The summed E-state index contributed by atoms with van der Waals surface area (Å²) < 4.78 is 35.9. The minimum atomic E-state index is -2.94. The number of nitrogens with zero attached hydrogens (tertiary/aromatic N) is 7. The molecule has 0 unspecified atom stereocenters. The van der Waals surface area contributed by atoms with Gasteiger partial charge in [0, 0.05) is 58.1 Å². The smallest absolute Gasteiger partial charge is 0.300 e. The first-order valence-corrected chi connectivity index (χ1v) is 23.6. The number of rotatable bonds is 13. The Hall–Kier alpha value is -3.20. The molecule has 0 atom stereocenters. The van der Waals surface area contributed by atoms with Crippen molar-refractivity contribution in [2.24, 2.45) is 0 Å². The van der Waals surface area contributed by atoms with Gasteiger partial charge < -0.3 is 0 Å². The van der Waals surface area contributed by atoms with Gasteiger partial charge in [-0.05, 0) is 12.8 Å². The van der Waals surface area contributed by atoms with Gasteiger partial charge in [0.15, 0.2) is 0 Å². The molecule has 16 heteroatoms. The molecule has 13 nitrogen and oxygen atoms in total. The molecule has 0 radical (unpaired) electrons. The summed E-state index contributed by atoms with van der Waals surface area (Å²) >= 11 is 3.65. The fourth-order valence-corrected chi connectivity index (χ4v) is 9.83. The number of methoxy groups -OCH3 is 1. The monoisotopic (exact) mass is 815 g/mol. The third kappa shape index (κ3) is 8.94. The van der Waals surface area contributed by atoms with Crippen molar-refractivity contribution in [3.05, 3.63) is 52.9 Å². The first-order chi connectivity index (χ1) is 24.9. The number of aromatic nitrogens is 4.